The molecule has 2 aromatic carbocycles. The number of carbonyl (C=O) groups is 1. The third-order valence-corrected chi connectivity index (χ3v) is 6.16. The minimum atomic E-state index is 0.323. The molecule has 5 heteroatoms. The van der Waals surface area contributed by atoms with Crippen LogP contribution in [0.25, 0.3) is 22.0 Å². The predicted octanol–water partition coefficient (Wildman–Crippen LogP) is 4.14. The van der Waals surface area contributed by atoms with E-state index < -0.39 is 0 Å². The zero-order valence-corrected chi connectivity index (χ0v) is 16.6. The third kappa shape index (κ3) is 3.82. The fourth-order valence-corrected chi connectivity index (χ4v) is 4.54. The van der Waals surface area contributed by atoms with E-state index in [0.717, 1.165) is 62.6 Å². The monoisotopic (exact) mass is 386 g/mol. The Balaban J connectivity index is 1.31. The van der Waals surface area contributed by atoms with Crippen molar-refractivity contribution in [1.29, 1.82) is 0 Å². The summed E-state index contributed by atoms with van der Waals surface area (Å²) < 4.78 is 0. The number of benzene rings is 2. The predicted molar refractivity (Wildman–Crippen MR) is 116 cm³/mol. The molecule has 2 aliphatic rings. The number of carbonyl (C=O) groups excluding carboxylic acids is 1. The molecule has 0 bridgehead atoms. The van der Waals surface area contributed by atoms with Crippen LogP contribution in [0.3, 0.4) is 0 Å². The number of likely N-dealkylation sites (tertiary alicyclic amines) is 1. The summed E-state index contributed by atoms with van der Waals surface area (Å²) in [7, 11) is 0. The largest absolute Gasteiger partial charge is 0.342 e. The molecule has 0 saturated carbocycles. The van der Waals surface area contributed by atoms with Gasteiger partial charge in [0.2, 0.25) is 11.9 Å². The van der Waals surface area contributed by atoms with Crippen molar-refractivity contribution in [3.63, 3.8) is 0 Å². The standard InChI is InChI=1S/C24H26N4O/c29-23-7-3-4-13-27(23)16-18-11-14-28(17-18)24-25-12-10-22(26-24)21-9-8-19-5-1-2-6-20(19)15-21/h1-2,5-6,8-10,12,15,18H,3-4,7,11,13-14,16-17H2/t18-/m0/s1. The van der Waals surface area contributed by atoms with Gasteiger partial charge in [0, 0.05) is 44.4 Å². The lowest BCUT2D eigenvalue weighted by Crippen LogP contribution is -2.39. The molecule has 0 spiro atoms. The highest BCUT2D eigenvalue weighted by atomic mass is 16.2. The highest BCUT2D eigenvalue weighted by Gasteiger charge is 2.28. The fourth-order valence-electron chi connectivity index (χ4n) is 4.54. The maximum Gasteiger partial charge on any atom is 0.225 e. The average Bonchev–Trinajstić information content (AvgIpc) is 3.24. The summed E-state index contributed by atoms with van der Waals surface area (Å²) in [5.74, 6) is 1.62. The van der Waals surface area contributed by atoms with Crippen molar-refractivity contribution in [2.24, 2.45) is 5.92 Å². The Morgan fingerprint density at radius 1 is 1.00 bits per heavy atom. The van der Waals surface area contributed by atoms with Gasteiger partial charge in [0.1, 0.15) is 0 Å². The molecule has 2 fully saturated rings. The van der Waals surface area contributed by atoms with Gasteiger partial charge in [-0.2, -0.15) is 0 Å². The van der Waals surface area contributed by atoms with Gasteiger partial charge in [0.15, 0.2) is 0 Å². The minimum absolute atomic E-state index is 0.323. The second kappa shape index (κ2) is 7.82. The van der Waals surface area contributed by atoms with Crippen LogP contribution in [0.4, 0.5) is 5.95 Å². The Bertz CT molecular complexity index is 1030. The maximum absolute atomic E-state index is 12.1. The van der Waals surface area contributed by atoms with E-state index >= 15 is 0 Å². The average molecular weight is 386 g/mol. The summed E-state index contributed by atoms with van der Waals surface area (Å²) in [5, 5.41) is 2.46. The Hall–Kier alpha value is -2.95. The fraction of sp³-hybridized carbons (Fsp3) is 0.375. The first-order chi connectivity index (χ1) is 14.3. The van der Waals surface area contributed by atoms with Gasteiger partial charge in [-0.1, -0.05) is 36.4 Å². The number of nitrogens with zero attached hydrogens (tertiary/aromatic N) is 4. The van der Waals surface area contributed by atoms with Crippen LogP contribution in [0, 0.1) is 5.92 Å². The molecule has 1 amide bonds. The number of hydrogen-bond acceptors (Lipinski definition) is 4. The lowest BCUT2D eigenvalue weighted by Gasteiger charge is -2.29. The number of fused-ring (bicyclic) bond motifs is 1. The van der Waals surface area contributed by atoms with E-state index in [-0.39, 0.29) is 0 Å². The Morgan fingerprint density at radius 2 is 1.90 bits per heavy atom. The molecule has 3 aromatic rings. The van der Waals surface area contributed by atoms with Crippen molar-refractivity contribution >= 4 is 22.6 Å². The molecule has 0 N–H and O–H groups in total. The summed E-state index contributed by atoms with van der Waals surface area (Å²) in [6.45, 7) is 3.67. The van der Waals surface area contributed by atoms with Crippen LogP contribution in [0.2, 0.25) is 0 Å². The summed E-state index contributed by atoms with van der Waals surface area (Å²) in [6, 6.07) is 16.8. The lowest BCUT2D eigenvalue weighted by molar-refractivity contribution is -0.133. The van der Waals surface area contributed by atoms with Crippen molar-refractivity contribution in [3.8, 4) is 11.3 Å². The summed E-state index contributed by atoms with van der Waals surface area (Å²) >= 11 is 0. The van der Waals surface area contributed by atoms with E-state index in [4.69, 9.17) is 4.98 Å². The molecule has 5 rings (SSSR count). The van der Waals surface area contributed by atoms with Gasteiger partial charge in [-0.25, -0.2) is 9.97 Å². The zero-order valence-electron chi connectivity index (χ0n) is 16.6. The molecule has 29 heavy (non-hydrogen) atoms. The topological polar surface area (TPSA) is 49.3 Å². The molecule has 3 heterocycles. The first-order valence-electron chi connectivity index (χ1n) is 10.6. The van der Waals surface area contributed by atoms with Gasteiger partial charge in [-0.15, -0.1) is 0 Å². The first kappa shape index (κ1) is 18.1. The van der Waals surface area contributed by atoms with Gasteiger partial charge in [0.25, 0.3) is 0 Å². The molecule has 0 unspecified atom stereocenters. The van der Waals surface area contributed by atoms with Gasteiger partial charge in [-0.3, -0.25) is 4.79 Å². The Morgan fingerprint density at radius 3 is 2.79 bits per heavy atom. The molecule has 1 atom stereocenters. The normalized spacial score (nSPS) is 19.9. The Kier molecular flexibility index (Phi) is 4.88. The van der Waals surface area contributed by atoms with Gasteiger partial charge in [0.05, 0.1) is 5.69 Å². The molecule has 0 radical (unpaired) electrons. The van der Waals surface area contributed by atoms with Crippen LogP contribution in [0.15, 0.2) is 54.7 Å². The number of anilines is 1. The lowest BCUT2D eigenvalue weighted by atomic mass is 10.1. The molecule has 2 aliphatic heterocycles. The second-order valence-electron chi connectivity index (χ2n) is 8.20. The highest BCUT2D eigenvalue weighted by molar-refractivity contribution is 5.86. The molecule has 5 nitrogen and oxygen atoms in total. The van der Waals surface area contributed by atoms with Crippen molar-refractivity contribution < 1.29 is 4.79 Å². The van der Waals surface area contributed by atoms with E-state index in [1.54, 1.807) is 0 Å². The van der Waals surface area contributed by atoms with Crippen molar-refractivity contribution in [2.75, 3.05) is 31.1 Å². The number of aromatic nitrogens is 2. The van der Waals surface area contributed by atoms with Crippen LogP contribution in [0.1, 0.15) is 25.7 Å². The van der Waals surface area contributed by atoms with E-state index in [0.29, 0.717) is 18.2 Å². The third-order valence-electron chi connectivity index (χ3n) is 6.16. The highest BCUT2D eigenvalue weighted by Crippen LogP contribution is 2.27. The summed E-state index contributed by atoms with van der Waals surface area (Å²) in [6.07, 6.45) is 5.84. The summed E-state index contributed by atoms with van der Waals surface area (Å²) in [4.78, 5) is 25.8. The number of rotatable bonds is 4. The Labute approximate surface area is 171 Å². The quantitative estimate of drug-likeness (QED) is 0.676. The number of hydrogen-bond donors (Lipinski definition) is 0. The molecule has 1 aromatic heterocycles. The van der Waals surface area contributed by atoms with Crippen LogP contribution in [0.5, 0.6) is 0 Å². The molecule has 148 valence electrons. The zero-order chi connectivity index (χ0) is 19.6. The van der Waals surface area contributed by atoms with Crippen LogP contribution in [-0.2, 0) is 4.79 Å². The number of amides is 1. The van der Waals surface area contributed by atoms with Crippen LogP contribution in [-0.4, -0.2) is 47.0 Å². The second-order valence-corrected chi connectivity index (χ2v) is 8.20. The van der Waals surface area contributed by atoms with Crippen molar-refractivity contribution in [3.05, 3.63) is 54.7 Å². The SMILES string of the molecule is O=C1CCCCN1C[C@@H]1CCN(c2nccc(-c3ccc4ccccc4c3)n2)C1. The van der Waals surface area contributed by atoms with Gasteiger partial charge in [-0.05, 0) is 48.1 Å². The molecular formula is C24H26N4O. The first-order valence-corrected chi connectivity index (χ1v) is 10.6. The van der Waals surface area contributed by atoms with Crippen molar-refractivity contribution in [1.82, 2.24) is 14.9 Å². The minimum Gasteiger partial charge on any atom is -0.342 e. The van der Waals surface area contributed by atoms with Crippen LogP contribution >= 0.6 is 0 Å². The molecular weight excluding hydrogens is 360 g/mol. The maximum atomic E-state index is 12.1. The van der Waals surface area contributed by atoms with E-state index in [1.165, 1.54) is 10.8 Å². The van der Waals surface area contributed by atoms with Crippen molar-refractivity contribution in [2.45, 2.75) is 25.7 Å². The van der Waals surface area contributed by atoms with Gasteiger partial charge < -0.3 is 9.80 Å². The smallest absolute Gasteiger partial charge is 0.225 e. The number of piperidine rings is 1. The molecule has 2 saturated heterocycles. The van der Waals surface area contributed by atoms with Crippen LogP contribution < -0.4 is 4.90 Å². The van der Waals surface area contributed by atoms with Gasteiger partial charge >= 0.3 is 0 Å². The molecule has 0 aliphatic carbocycles. The van der Waals surface area contributed by atoms with E-state index in [1.807, 2.05) is 12.3 Å². The van der Waals surface area contributed by atoms with E-state index in [9.17, 15) is 4.79 Å². The summed E-state index contributed by atoms with van der Waals surface area (Å²) in [5.41, 5.74) is 2.07. The van der Waals surface area contributed by atoms with E-state index in [2.05, 4.69) is 57.2 Å².